The molecule has 1 fully saturated rings. The van der Waals surface area contributed by atoms with E-state index in [0.29, 0.717) is 0 Å². The Hall–Kier alpha value is -1.84. The van der Waals surface area contributed by atoms with Gasteiger partial charge in [0.1, 0.15) is 0 Å². The van der Waals surface area contributed by atoms with Crippen molar-refractivity contribution in [2.75, 3.05) is 4.90 Å². The molecule has 3 N–H and O–H groups in total. The Morgan fingerprint density at radius 3 is 1.91 bits per heavy atom. The van der Waals surface area contributed by atoms with Gasteiger partial charge in [-0.3, -0.25) is 0 Å². The van der Waals surface area contributed by atoms with E-state index in [1.165, 1.54) is 22.5 Å². The molecule has 1 unspecified atom stereocenters. The summed E-state index contributed by atoms with van der Waals surface area (Å²) in [6.07, 6.45) is 3.42. The molecule has 0 amide bonds. The Labute approximate surface area is 131 Å². The molecule has 0 spiro atoms. The molecule has 2 aromatic carbocycles. The van der Waals surface area contributed by atoms with Crippen LogP contribution in [0.3, 0.4) is 0 Å². The fourth-order valence-corrected chi connectivity index (χ4v) is 3.94. The van der Waals surface area contributed by atoms with E-state index < -0.39 is 6.10 Å². The molecule has 1 saturated carbocycles. The first-order chi connectivity index (χ1) is 10.8. The number of fused-ring (bicyclic) bond motifs is 2. The second-order valence-electron chi connectivity index (χ2n) is 6.43. The molecule has 22 heavy (non-hydrogen) atoms. The minimum Gasteiger partial charge on any atom is -0.389 e. The van der Waals surface area contributed by atoms with Gasteiger partial charge in [-0.05, 0) is 48.9 Å². The quantitative estimate of drug-likeness (QED) is 0.850. The summed E-state index contributed by atoms with van der Waals surface area (Å²) in [5.41, 5.74) is 11.2. The van der Waals surface area contributed by atoms with E-state index in [9.17, 15) is 5.11 Å². The monoisotopic (exact) mass is 294 g/mol. The number of rotatable bonds is 1. The van der Waals surface area contributed by atoms with Crippen LogP contribution in [0.1, 0.15) is 24.0 Å². The van der Waals surface area contributed by atoms with Crippen LogP contribution in [0.4, 0.5) is 11.4 Å². The first-order valence-corrected chi connectivity index (χ1v) is 8.14. The average molecular weight is 294 g/mol. The molecule has 0 radical (unpaired) electrons. The molecular formula is C19H22N2O. The minimum absolute atomic E-state index is 0.0652. The summed E-state index contributed by atoms with van der Waals surface area (Å²) in [6, 6.07) is 17.1. The highest BCUT2D eigenvalue weighted by Gasteiger charge is 2.38. The van der Waals surface area contributed by atoms with Crippen molar-refractivity contribution in [3.8, 4) is 0 Å². The smallest absolute Gasteiger partial charge is 0.0897 e. The maximum atomic E-state index is 10.6. The largest absolute Gasteiger partial charge is 0.389 e. The molecule has 0 aromatic heterocycles. The van der Waals surface area contributed by atoms with Gasteiger partial charge in [0.2, 0.25) is 0 Å². The summed E-state index contributed by atoms with van der Waals surface area (Å²) in [6.45, 7) is 0. The summed E-state index contributed by atoms with van der Waals surface area (Å²) < 4.78 is 0. The number of nitrogens with two attached hydrogens (primary N) is 1. The number of aliphatic hydroxyl groups excluding tert-OH is 1. The highest BCUT2D eigenvalue weighted by Crippen LogP contribution is 2.41. The molecule has 2 aliphatic rings. The van der Waals surface area contributed by atoms with Crippen LogP contribution < -0.4 is 10.6 Å². The van der Waals surface area contributed by atoms with E-state index >= 15 is 0 Å². The third-order valence-electron chi connectivity index (χ3n) is 5.13. The molecule has 4 rings (SSSR count). The fraction of sp³-hybridized carbons (Fsp3) is 0.368. The van der Waals surface area contributed by atoms with E-state index in [4.69, 9.17) is 5.73 Å². The Morgan fingerprint density at radius 1 is 0.864 bits per heavy atom. The Morgan fingerprint density at radius 2 is 1.41 bits per heavy atom. The van der Waals surface area contributed by atoms with Crippen molar-refractivity contribution in [3.63, 3.8) is 0 Å². The molecule has 0 bridgehead atoms. The Balaban J connectivity index is 1.88. The van der Waals surface area contributed by atoms with Crippen LogP contribution in [0, 0.1) is 0 Å². The van der Waals surface area contributed by atoms with Crippen LogP contribution in [0.2, 0.25) is 0 Å². The van der Waals surface area contributed by atoms with Gasteiger partial charge in [-0.2, -0.15) is 0 Å². The van der Waals surface area contributed by atoms with Crippen molar-refractivity contribution < 1.29 is 5.11 Å². The molecule has 2 aromatic rings. The zero-order chi connectivity index (χ0) is 15.1. The number of aliphatic hydroxyl groups is 1. The maximum absolute atomic E-state index is 10.6. The van der Waals surface area contributed by atoms with E-state index in [-0.39, 0.29) is 12.1 Å². The molecule has 0 saturated heterocycles. The number of aryl methyl sites for hydroxylation is 2. The van der Waals surface area contributed by atoms with Crippen molar-refractivity contribution in [3.05, 3.63) is 59.7 Å². The van der Waals surface area contributed by atoms with Crippen molar-refractivity contribution in [1.82, 2.24) is 0 Å². The SMILES string of the molecule is N[C@H]1CCC(N2c3ccccc3CCc3ccccc32)[C@@H]1O. The van der Waals surface area contributed by atoms with Gasteiger partial charge in [0.25, 0.3) is 0 Å². The Bertz CT molecular complexity index is 637. The predicted octanol–water partition coefficient (Wildman–Crippen LogP) is 2.77. The summed E-state index contributed by atoms with van der Waals surface area (Å²) in [7, 11) is 0. The van der Waals surface area contributed by atoms with E-state index in [1.807, 2.05) is 0 Å². The van der Waals surface area contributed by atoms with Gasteiger partial charge in [-0.15, -0.1) is 0 Å². The Kier molecular flexibility index (Phi) is 3.40. The van der Waals surface area contributed by atoms with Gasteiger partial charge >= 0.3 is 0 Å². The van der Waals surface area contributed by atoms with Crippen LogP contribution >= 0.6 is 0 Å². The molecule has 1 heterocycles. The molecular weight excluding hydrogens is 272 g/mol. The lowest BCUT2D eigenvalue weighted by molar-refractivity contribution is 0.148. The fourth-order valence-electron chi connectivity index (χ4n) is 3.94. The maximum Gasteiger partial charge on any atom is 0.0897 e. The number of para-hydroxylation sites is 2. The van der Waals surface area contributed by atoms with Crippen molar-refractivity contribution in [2.24, 2.45) is 5.73 Å². The van der Waals surface area contributed by atoms with Crippen molar-refractivity contribution >= 4 is 11.4 Å². The third-order valence-corrected chi connectivity index (χ3v) is 5.13. The summed E-state index contributed by atoms with van der Waals surface area (Å²) in [5.74, 6) is 0. The molecule has 114 valence electrons. The number of hydrogen-bond donors (Lipinski definition) is 2. The summed E-state index contributed by atoms with van der Waals surface area (Å²) in [5, 5.41) is 10.6. The van der Waals surface area contributed by atoms with E-state index in [1.54, 1.807) is 0 Å². The van der Waals surface area contributed by atoms with Crippen LogP contribution in [0.5, 0.6) is 0 Å². The van der Waals surface area contributed by atoms with Gasteiger partial charge in [0.15, 0.2) is 0 Å². The predicted molar refractivity (Wildman–Crippen MR) is 89.4 cm³/mol. The second kappa shape index (κ2) is 5.41. The van der Waals surface area contributed by atoms with Crippen molar-refractivity contribution in [1.29, 1.82) is 0 Å². The number of hydrogen-bond acceptors (Lipinski definition) is 3. The topological polar surface area (TPSA) is 49.5 Å². The van der Waals surface area contributed by atoms with Crippen LogP contribution in [0.25, 0.3) is 0 Å². The van der Waals surface area contributed by atoms with Crippen LogP contribution in [0.15, 0.2) is 48.5 Å². The lowest BCUT2D eigenvalue weighted by atomic mass is 10.0. The summed E-state index contributed by atoms with van der Waals surface area (Å²) >= 11 is 0. The van der Waals surface area contributed by atoms with Gasteiger partial charge in [0, 0.05) is 17.4 Å². The first-order valence-electron chi connectivity index (χ1n) is 8.14. The van der Waals surface area contributed by atoms with Crippen molar-refractivity contribution in [2.45, 2.75) is 43.9 Å². The van der Waals surface area contributed by atoms with Gasteiger partial charge in [-0.1, -0.05) is 36.4 Å². The standard InChI is InChI=1S/C19H22N2O/c20-15-11-12-18(19(15)22)21-16-7-3-1-5-13(16)9-10-14-6-2-4-8-17(14)21/h1-8,15,18-19,22H,9-12,20H2/t15-,18?,19+/m0/s1. The second-order valence-corrected chi connectivity index (χ2v) is 6.43. The zero-order valence-corrected chi connectivity index (χ0v) is 12.7. The minimum atomic E-state index is -0.473. The van der Waals surface area contributed by atoms with Crippen LogP contribution in [-0.2, 0) is 12.8 Å². The van der Waals surface area contributed by atoms with E-state index in [2.05, 4.69) is 53.4 Å². The molecule has 1 aliphatic carbocycles. The van der Waals surface area contributed by atoms with Gasteiger partial charge < -0.3 is 15.7 Å². The first kappa shape index (κ1) is 13.8. The number of benzene rings is 2. The zero-order valence-electron chi connectivity index (χ0n) is 12.7. The van der Waals surface area contributed by atoms with Crippen LogP contribution in [-0.4, -0.2) is 23.3 Å². The molecule has 3 nitrogen and oxygen atoms in total. The third kappa shape index (κ3) is 2.13. The normalized spacial score (nSPS) is 27.2. The highest BCUT2D eigenvalue weighted by atomic mass is 16.3. The lowest BCUT2D eigenvalue weighted by Crippen LogP contribution is -2.43. The lowest BCUT2D eigenvalue weighted by Gasteiger charge is -2.35. The molecule has 1 aliphatic heterocycles. The summed E-state index contributed by atoms with van der Waals surface area (Å²) in [4.78, 5) is 2.34. The van der Waals surface area contributed by atoms with Gasteiger partial charge in [-0.25, -0.2) is 0 Å². The average Bonchev–Trinajstić information content (AvgIpc) is 2.80. The number of nitrogens with zero attached hydrogens (tertiary/aromatic N) is 1. The molecule has 3 atom stereocenters. The highest BCUT2D eigenvalue weighted by molar-refractivity contribution is 5.72. The number of anilines is 2. The van der Waals surface area contributed by atoms with E-state index in [0.717, 1.165) is 25.7 Å². The molecule has 3 heteroatoms. The van der Waals surface area contributed by atoms with Gasteiger partial charge in [0.05, 0.1) is 12.1 Å².